The Morgan fingerprint density at radius 1 is 1.07 bits per heavy atom. The summed E-state index contributed by atoms with van der Waals surface area (Å²) in [6, 6.07) is 19.5. The van der Waals surface area contributed by atoms with Gasteiger partial charge in [-0.3, -0.25) is 10.1 Å². The first-order chi connectivity index (χ1) is 13.2. The first-order valence-electron chi connectivity index (χ1n) is 9.07. The van der Waals surface area contributed by atoms with Gasteiger partial charge in [-0.2, -0.15) is 0 Å². The molecule has 3 aromatic carbocycles. The Labute approximate surface area is 161 Å². The van der Waals surface area contributed by atoms with E-state index in [1.165, 1.54) is 11.3 Å². The summed E-state index contributed by atoms with van der Waals surface area (Å²) in [6.45, 7) is 2.82. The lowest BCUT2D eigenvalue weighted by atomic mass is 10.1. The van der Waals surface area contributed by atoms with Crippen molar-refractivity contribution in [3.63, 3.8) is 0 Å². The summed E-state index contributed by atoms with van der Waals surface area (Å²) in [5.41, 5.74) is 1.51. The normalized spacial score (nSPS) is 11.0. The summed E-state index contributed by atoms with van der Waals surface area (Å²) in [5, 5.41) is 5.76. The van der Waals surface area contributed by atoms with Crippen molar-refractivity contribution in [2.45, 2.75) is 19.8 Å². The van der Waals surface area contributed by atoms with Gasteiger partial charge < -0.3 is 4.74 Å². The molecule has 0 radical (unpaired) electrons. The van der Waals surface area contributed by atoms with Crippen molar-refractivity contribution in [3.05, 3.63) is 66.2 Å². The lowest BCUT2D eigenvalue weighted by Crippen LogP contribution is -2.11. The van der Waals surface area contributed by atoms with Crippen molar-refractivity contribution >= 4 is 43.4 Å². The van der Waals surface area contributed by atoms with Crippen LogP contribution < -0.4 is 10.1 Å². The van der Waals surface area contributed by atoms with E-state index in [0.717, 1.165) is 39.6 Å². The molecule has 0 aliphatic carbocycles. The number of thiazole rings is 1. The van der Waals surface area contributed by atoms with Crippen LogP contribution in [0.15, 0.2) is 60.7 Å². The van der Waals surface area contributed by atoms with Gasteiger partial charge in [0.1, 0.15) is 5.75 Å². The molecule has 4 aromatic rings. The van der Waals surface area contributed by atoms with E-state index in [1.807, 2.05) is 30.3 Å². The zero-order valence-corrected chi connectivity index (χ0v) is 15.9. The SMILES string of the molecule is CCCCOc1ccc(C(=O)Nc2nc3c(ccc4ccccc43)s2)cc1. The second kappa shape index (κ2) is 7.76. The zero-order valence-electron chi connectivity index (χ0n) is 15.1. The third-order valence-electron chi connectivity index (χ3n) is 4.39. The molecule has 0 bridgehead atoms. The number of benzene rings is 3. The number of nitrogens with one attached hydrogen (secondary N) is 1. The third kappa shape index (κ3) is 3.78. The molecule has 5 heteroatoms. The molecular formula is C22H20N2O2S. The maximum Gasteiger partial charge on any atom is 0.257 e. The van der Waals surface area contributed by atoms with Gasteiger partial charge in [-0.1, -0.05) is 55.0 Å². The van der Waals surface area contributed by atoms with E-state index < -0.39 is 0 Å². The van der Waals surface area contributed by atoms with Crippen LogP contribution in [0.5, 0.6) is 5.75 Å². The van der Waals surface area contributed by atoms with Crippen molar-refractivity contribution in [2.75, 3.05) is 11.9 Å². The average molecular weight is 376 g/mol. The van der Waals surface area contributed by atoms with Crippen LogP contribution in [0.4, 0.5) is 5.13 Å². The molecule has 1 N–H and O–H groups in total. The highest BCUT2D eigenvalue weighted by atomic mass is 32.1. The van der Waals surface area contributed by atoms with Crippen LogP contribution in [0, 0.1) is 0 Å². The van der Waals surface area contributed by atoms with Crippen LogP contribution in [0.25, 0.3) is 21.0 Å². The molecule has 0 spiro atoms. The van der Waals surface area contributed by atoms with Gasteiger partial charge in [0.25, 0.3) is 5.91 Å². The fourth-order valence-corrected chi connectivity index (χ4v) is 3.80. The van der Waals surface area contributed by atoms with E-state index >= 15 is 0 Å². The Morgan fingerprint density at radius 2 is 1.89 bits per heavy atom. The van der Waals surface area contributed by atoms with Gasteiger partial charge in [0.2, 0.25) is 0 Å². The lowest BCUT2D eigenvalue weighted by molar-refractivity contribution is 0.102. The molecule has 4 rings (SSSR count). The molecular weight excluding hydrogens is 356 g/mol. The number of carbonyl (C=O) groups is 1. The van der Waals surface area contributed by atoms with Gasteiger partial charge in [0.05, 0.1) is 16.8 Å². The standard InChI is InChI=1S/C22H20N2O2S/c1-2-3-14-26-17-11-8-16(9-12-17)21(25)24-22-23-20-18-7-5-4-6-15(18)10-13-19(20)27-22/h4-13H,2-3,14H2,1H3,(H,23,24,25). The molecule has 0 atom stereocenters. The van der Waals surface area contributed by atoms with Crippen LogP contribution >= 0.6 is 11.3 Å². The van der Waals surface area contributed by atoms with Gasteiger partial charge in [-0.15, -0.1) is 0 Å². The molecule has 0 aliphatic rings. The largest absolute Gasteiger partial charge is 0.494 e. The molecule has 0 aliphatic heterocycles. The lowest BCUT2D eigenvalue weighted by Gasteiger charge is -2.06. The third-order valence-corrected chi connectivity index (χ3v) is 5.32. The number of unbranched alkanes of at least 4 members (excludes halogenated alkanes) is 1. The topological polar surface area (TPSA) is 51.2 Å². The van der Waals surface area contributed by atoms with Gasteiger partial charge in [0.15, 0.2) is 5.13 Å². The fourth-order valence-electron chi connectivity index (χ4n) is 2.92. The van der Waals surface area contributed by atoms with Gasteiger partial charge >= 0.3 is 0 Å². The molecule has 136 valence electrons. The molecule has 4 nitrogen and oxygen atoms in total. The van der Waals surface area contributed by atoms with Crippen LogP contribution in [-0.2, 0) is 0 Å². The number of fused-ring (bicyclic) bond motifs is 3. The van der Waals surface area contributed by atoms with Gasteiger partial charge in [-0.05, 0) is 42.1 Å². The van der Waals surface area contributed by atoms with E-state index in [-0.39, 0.29) is 5.91 Å². The Bertz CT molecular complexity index is 1090. The number of aromatic nitrogens is 1. The molecule has 0 saturated heterocycles. The Kier molecular flexibility index (Phi) is 5.03. The van der Waals surface area contributed by atoms with E-state index in [4.69, 9.17) is 4.74 Å². The first-order valence-corrected chi connectivity index (χ1v) is 9.89. The van der Waals surface area contributed by atoms with Crippen molar-refractivity contribution < 1.29 is 9.53 Å². The summed E-state index contributed by atoms with van der Waals surface area (Å²) in [4.78, 5) is 17.2. The fraction of sp³-hybridized carbons (Fsp3) is 0.182. The van der Waals surface area contributed by atoms with E-state index in [0.29, 0.717) is 17.3 Å². The molecule has 0 fully saturated rings. The minimum Gasteiger partial charge on any atom is -0.494 e. The summed E-state index contributed by atoms with van der Waals surface area (Å²) in [7, 11) is 0. The monoisotopic (exact) mass is 376 g/mol. The van der Waals surface area contributed by atoms with Crippen molar-refractivity contribution in [1.82, 2.24) is 4.98 Å². The number of nitrogens with zero attached hydrogens (tertiary/aromatic N) is 1. The molecule has 1 heterocycles. The minimum absolute atomic E-state index is 0.168. The molecule has 1 aromatic heterocycles. The number of carbonyl (C=O) groups excluding carboxylic acids is 1. The number of amides is 1. The molecule has 27 heavy (non-hydrogen) atoms. The van der Waals surface area contributed by atoms with E-state index in [1.54, 1.807) is 12.1 Å². The Morgan fingerprint density at radius 3 is 2.70 bits per heavy atom. The number of ether oxygens (including phenoxy) is 1. The minimum atomic E-state index is -0.168. The predicted molar refractivity (Wildman–Crippen MR) is 112 cm³/mol. The average Bonchev–Trinajstić information content (AvgIpc) is 3.11. The zero-order chi connectivity index (χ0) is 18.6. The molecule has 1 amide bonds. The van der Waals surface area contributed by atoms with E-state index in [9.17, 15) is 4.79 Å². The number of hydrogen-bond acceptors (Lipinski definition) is 4. The van der Waals surface area contributed by atoms with Crippen molar-refractivity contribution in [3.8, 4) is 5.75 Å². The molecule has 0 saturated carbocycles. The predicted octanol–water partition coefficient (Wildman–Crippen LogP) is 5.88. The number of rotatable bonds is 6. The Hall–Kier alpha value is -2.92. The maximum atomic E-state index is 12.5. The van der Waals surface area contributed by atoms with Crippen LogP contribution in [0.1, 0.15) is 30.1 Å². The van der Waals surface area contributed by atoms with Crippen LogP contribution in [0.3, 0.4) is 0 Å². The summed E-state index contributed by atoms with van der Waals surface area (Å²) in [5.74, 6) is 0.616. The van der Waals surface area contributed by atoms with Crippen LogP contribution in [-0.4, -0.2) is 17.5 Å². The summed E-state index contributed by atoms with van der Waals surface area (Å²) >= 11 is 1.48. The summed E-state index contributed by atoms with van der Waals surface area (Å²) in [6.07, 6.45) is 2.12. The number of hydrogen-bond donors (Lipinski definition) is 1. The Balaban J connectivity index is 1.51. The van der Waals surface area contributed by atoms with Crippen molar-refractivity contribution in [1.29, 1.82) is 0 Å². The van der Waals surface area contributed by atoms with Gasteiger partial charge in [-0.25, -0.2) is 4.98 Å². The molecule has 0 unspecified atom stereocenters. The maximum absolute atomic E-state index is 12.5. The quantitative estimate of drug-likeness (QED) is 0.428. The highest BCUT2D eigenvalue weighted by Gasteiger charge is 2.11. The highest BCUT2D eigenvalue weighted by Crippen LogP contribution is 2.31. The van der Waals surface area contributed by atoms with Crippen LogP contribution in [0.2, 0.25) is 0 Å². The smallest absolute Gasteiger partial charge is 0.257 e. The van der Waals surface area contributed by atoms with Gasteiger partial charge in [0, 0.05) is 10.9 Å². The van der Waals surface area contributed by atoms with E-state index in [2.05, 4.69) is 35.4 Å². The number of anilines is 1. The first kappa shape index (κ1) is 17.5. The second-order valence-corrected chi connectivity index (χ2v) is 7.36. The second-order valence-electron chi connectivity index (χ2n) is 6.33. The van der Waals surface area contributed by atoms with Crippen molar-refractivity contribution in [2.24, 2.45) is 0 Å². The highest BCUT2D eigenvalue weighted by molar-refractivity contribution is 7.22. The summed E-state index contributed by atoms with van der Waals surface area (Å²) < 4.78 is 6.70.